The van der Waals surface area contributed by atoms with Crippen LogP contribution in [0.2, 0.25) is 0 Å². The first-order valence-electron chi connectivity index (χ1n) is 8.09. The number of nitrogens with zero attached hydrogens (tertiary/aromatic N) is 2. The molecule has 1 amide bonds. The van der Waals surface area contributed by atoms with Crippen LogP contribution in [0.25, 0.3) is 0 Å². The van der Waals surface area contributed by atoms with Crippen molar-refractivity contribution in [2.75, 3.05) is 12.8 Å². The van der Waals surface area contributed by atoms with Crippen molar-refractivity contribution < 1.29 is 17.9 Å². The molecule has 134 valence electrons. The zero-order chi connectivity index (χ0) is 17.7. The molecule has 2 unspecified atom stereocenters. The lowest BCUT2D eigenvalue weighted by Gasteiger charge is -2.41. The lowest BCUT2D eigenvalue weighted by atomic mass is 9.92. The fourth-order valence-electron chi connectivity index (χ4n) is 2.98. The number of hydrogen-bond acceptors (Lipinski definition) is 5. The Bertz CT molecular complexity index is 649. The first kappa shape index (κ1) is 18.7. The van der Waals surface area contributed by atoms with Crippen molar-refractivity contribution in [2.24, 2.45) is 0 Å². The van der Waals surface area contributed by atoms with Gasteiger partial charge in [-0.2, -0.15) is 0 Å². The largest absolute Gasteiger partial charge is 0.447 e. The number of aromatic nitrogens is 1. The summed E-state index contributed by atoms with van der Waals surface area (Å²) in [4.78, 5) is 18.2. The molecule has 1 aromatic heterocycles. The van der Waals surface area contributed by atoms with Crippen molar-refractivity contribution in [1.29, 1.82) is 0 Å². The number of rotatable bonds is 5. The maximum Gasteiger partial charge on any atom is 0.410 e. The number of carbonyl (C=O) groups excluding carboxylic acids is 1. The normalized spacial score (nSPS) is 21.8. The first-order valence-corrected chi connectivity index (χ1v) is 9.99. The Morgan fingerprint density at radius 2 is 2.25 bits per heavy atom. The van der Waals surface area contributed by atoms with Gasteiger partial charge in [-0.05, 0) is 44.7 Å². The van der Waals surface area contributed by atoms with Crippen LogP contribution in [0, 0.1) is 0 Å². The summed E-state index contributed by atoms with van der Waals surface area (Å²) in [6, 6.07) is 3.11. The van der Waals surface area contributed by atoms with Gasteiger partial charge in [-0.15, -0.1) is 0 Å². The van der Waals surface area contributed by atoms with E-state index in [9.17, 15) is 13.2 Å². The fraction of sp³-hybridized carbons (Fsp3) is 0.625. The molecule has 1 N–H and O–H groups in total. The average Bonchev–Trinajstić information content (AvgIpc) is 2.48. The summed E-state index contributed by atoms with van der Waals surface area (Å²) < 4.78 is 31.4. The highest BCUT2D eigenvalue weighted by atomic mass is 32.2. The van der Waals surface area contributed by atoms with E-state index in [0.717, 1.165) is 18.2 Å². The molecule has 0 saturated carbocycles. The predicted octanol–water partition coefficient (Wildman–Crippen LogP) is 1.55. The second-order valence-corrected chi connectivity index (χ2v) is 8.18. The van der Waals surface area contributed by atoms with Gasteiger partial charge in [0.1, 0.15) is 0 Å². The average molecular weight is 355 g/mol. The highest BCUT2D eigenvalue weighted by molar-refractivity contribution is 7.88. The van der Waals surface area contributed by atoms with Crippen LogP contribution in [0.5, 0.6) is 0 Å². The molecule has 1 fully saturated rings. The molecule has 1 aromatic rings. The standard InChI is InChI=1S/C16H25N3O4S/c1-12(2)23-16(20)19-9-5-7-14(18-24(3,21)22)15(19)10-13-6-4-8-17-11-13/h4,6,8,11-12,14-15,18H,5,7,9-10H2,1-3H3. The van der Waals surface area contributed by atoms with E-state index in [2.05, 4.69) is 9.71 Å². The van der Waals surface area contributed by atoms with Gasteiger partial charge in [0, 0.05) is 25.0 Å². The number of pyridine rings is 1. The van der Waals surface area contributed by atoms with Crippen LogP contribution in [0.4, 0.5) is 4.79 Å². The third-order valence-corrected chi connectivity index (χ3v) is 4.61. The number of likely N-dealkylation sites (tertiary alicyclic amines) is 1. The molecule has 0 spiro atoms. The van der Waals surface area contributed by atoms with Crippen molar-refractivity contribution in [3.63, 3.8) is 0 Å². The number of piperidine rings is 1. The Balaban J connectivity index is 2.24. The third kappa shape index (κ3) is 5.45. The molecular weight excluding hydrogens is 330 g/mol. The molecule has 8 heteroatoms. The van der Waals surface area contributed by atoms with E-state index in [1.54, 1.807) is 31.1 Å². The second kappa shape index (κ2) is 7.94. The SMILES string of the molecule is CC(C)OC(=O)N1CCCC(NS(C)(=O)=O)C1Cc1cccnc1. The van der Waals surface area contributed by atoms with E-state index >= 15 is 0 Å². The molecule has 1 saturated heterocycles. The van der Waals surface area contributed by atoms with E-state index in [1.807, 2.05) is 12.1 Å². The number of hydrogen-bond donors (Lipinski definition) is 1. The molecule has 2 atom stereocenters. The van der Waals surface area contributed by atoms with E-state index < -0.39 is 16.1 Å². The van der Waals surface area contributed by atoms with E-state index in [-0.39, 0.29) is 18.2 Å². The van der Waals surface area contributed by atoms with Crippen LogP contribution >= 0.6 is 0 Å². The molecule has 1 aliphatic rings. The number of carbonyl (C=O) groups is 1. The molecule has 2 heterocycles. The van der Waals surface area contributed by atoms with Crippen LogP contribution in [0.15, 0.2) is 24.5 Å². The Kier molecular flexibility index (Phi) is 6.17. The summed E-state index contributed by atoms with van der Waals surface area (Å²) in [5.41, 5.74) is 0.951. The van der Waals surface area contributed by atoms with Gasteiger partial charge in [-0.25, -0.2) is 17.9 Å². The molecule has 0 aromatic carbocycles. The maximum atomic E-state index is 12.4. The zero-order valence-electron chi connectivity index (χ0n) is 14.3. The fourth-order valence-corrected chi connectivity index (χ4v) is 3.80. The molecule has 2 rings (SSSR count). The third-order valence-electron chi connectivity index (χ3n) is 3.88. The Labute approximate surface area is 143 Å². The van der Waals surface area contributed by atoms with Crippen molar-refractivity contribution in [3.8, 4) is 0 Å². The van der Waals surface area contributed by atoms with Gasteiger partial charge in [0.15, 0.2) is 0 Å². The topological polar surface area (TPSA) is 88.6 Å². The summed E-state index contributed by atoms with van der Waals surface area (Å²) in [5, 5.41) is 0. The summed E-state index contributed by atoms with van der Waals surface area (Å²) in [7, 11) is -3.37. The minimum Gasteiger partial charge on any atom is -0.447 e. The highest BCUT2D eigenvalue weighted by Gasteiger charge is 2.36. The molecule has 0 aliphatic carbocycles. The predicted molar refractivity (Wildman–Crippen MR) is 91.1 cm³/mol. The van der Waals surface area contributed by atoms with E-state index in [1.165, 1.54) is 0 Å². The molecule has 0 bridgehead atoms. The lowest BCUT2D eigenvalue weighted by Crippen LogP contribution is -2.58. The minimum atomic E-state index is -3.37. The Morgan fingerprint density at radius 3 is 2.83 bits per heavy atom. The van der Waals surface area contributed by atoms with Gasteiger partial charge < -0.3 is 9.64 Å². The summed E-state index contributed by atoms with van der Waals surface area (Å²) in [6.07, 6.45) is 5.86. The lowest BCUT2D eigenvalue weighted by molar-refractivity contribution is 0.0461. The second-order valence-electron chi connectivity index (χ2n) is 6.40. The van der Waals surface area contributed by atoms with Crippen molar-refractivity contribution in [3.05, 3.63) is 30.1 Å². The quantitative estimate of drug-likeness (QED) is 0.866. The van der Waals surface area contributed by atoms with Crippen molar-refractivity contribution in [1.82, 2.24) is 14.6 Å². The summed E-state index contributed by atoms with van der Waals surface area (Å²) >= 11 is 0. The Hall–Kier alpha value is -1.67. The van der Waals surface area contributed by atoms with Crippen LogP contribution in [-0.4, -0.2) is 55.4 Å². The van der Waals surface area contributed by atoms with E-state index in [4.69, 9.17) is 4.74 Å². The molecule has 24 heavy (non-hydrogen) atoms. The first-order chi connectivity index (χ1) is 11.3. The molecule has 1 aliphatic heterocycles. The van der Waals surface area contributed by atoms with Crippen LogP contribution in [-0.2, 0) is 21.2 Å². The summed E-state index contributed by atoms with van der Waals surface area (Å²) in [5.74, 6) is 0. The molecule has 0 radical (unpaired) electrons. The number of ether oxygens (including phenoxy) is 1. The summed E-state index contributed by atoms with van der Waals surface area (Å²) in [6.45, 7) is 4.15. The molecular formula is C16H25N3O4S. The van der Waals surface area contributed by atoms with Gasteiger partial charge in [0.05, 0.1) is 18.4 Å². The van der Waals surface area contributed by atoms with Gasteiger partial charge >= 0.3 is 6.09 Å². The number of amides is 1. The minimum absolute atomic E-state index is 0.222. The zero-order valence-corrected chi connectivity index (χ0v) is 15.1. The van der Waals surface area contributed by atoms with Gasteiger partial charge in [-0.1, -0.05) is 6.07 Å². The smallest absolute Gasteiger partial charge is 0.410 e. The van der Waals surface area contributed by atoms with Gasteiger partial charge in [0.25, 0.3) is 0 Å². The maximum absolute atomic E-state index is 12.4. The number of sulfonamides is 1. The Morgan fingerprint density at radius 1 is 1.50 bits per heavy atom. The van der Waals surface area contributed by atoms with Gasteiger partial charge in [0.2, 0.25) is 10.0 Å². The highest BCUT2D eigenvalue weighted by Crippen LogP contribution is 2.23. The monoisotopic (exact) mass is 355 g/mol. The van der Waals surface area contributed by atoms with Crippen molar-refractivity contribution in [2.45, 2.75) is 51.3 Å². The van der Waals surface area contributed by atoms with E-state index in [0.29, 0.717) is 19.4 Å². The van der Waals surface area contributed by atoms with Crippen LogP contribution in [0.1, 0.15) is 32.3 Å². The molecule has 7 nitrogen and oxygen atoms in total. The van der Waals surface area contributed by atoms with Crippen LogP contribution in [0.3, 0.4) is 0 Å². The van der Waals surface area contributed by atoms with Crippen molar-refractivity contribution >= 4 is 16.1 Å². The van der Waals surface area contributed by atoms with Crippen LogP contribution < -0.4 is 4.72 Å². The number of nitrogens with one attached hydrogen (secondary N) is 1. The van der Waals surface area contributed by atoms with Gasteiger partial charge in [-0.3, -0.25) is 4.98 Å².